The maximum Gasteiger partial charge on any atom is 0.229 e. The lowest BCUT2D eigenvalue weighted by molar-refractivity contribution is -0.136. The van der Waals surface area contributed by atoms with Crippen LogP contribution in [0.25, 0.3) is 0 Å². The molecule has 0 bridgehead atoms. The van der Waals surface area contributed by atoms with Crippen LogP contribution in [0.4, 0.5) is 4.39 Å². The Morgan fingerprint density at radius 3 is 2.87 bits per heavy atom. The van der Waals surface area contributed by atoms with Gasteiger partial charge in [0.15, 0.2) is 0 Å². The smallest absolute Gasteiger partial charge is 0.229 e. The van der Waals surface area contributed by atoms with Crippen molar-refractivity contribution < 1.29 is 9.18 Å². The van der Waals surface area contributed by atoms with Gasteiger partial charge in [0.05, 0.1) is 11.5 Å². The SMILES string of the molecule is O=C(N1CCC(n2cncn2)C1)C1(Cc2ccccc2F)CC1. The summed E-state index contributed by atoms with van der Waals surface area (Å²) >= 11 is 0. The summed E-state index contributed by atoms with van der Waals surface area (Å²) in [5.74, 6) is -0.0446. The molecule has 2 aromatic rings. The van der Waals surface area contributed by atoms with E-state index in [2.05, 4.69) is 10.1 Å². The number of likely N-dealkylation sites (tertiary alicyclic amines) is 1. The molecule has 1 amide bonds. The van der Waals surface area contributed by atoms with Crippen LogP contribution in [0.5, 0.6) is 0 Å². The van der Waals surface area contributed by atoms with Gasteiger partial charge in [0.1, 0.15) is 18.5 Å². The normalized spacial score (nSPS) is 22.3. The molecule has 1 aromatic heterocycles. The second-order valence-electron chi connectivity index (χ2n) is 6.62. The van der Waals surface area contributed by atoms with Gasteiger partial charge in [0.25, 0.3) is 0 Å². The first-order valence-corrected chi connectivity index (χ1v) is 8.05. The molecule has 6 heteroatoms. The number of carbonyl (C=O) groups is 1. The fourth-order valence-corrected chi connectivity index (χ4v) is 3.51. The zero-order chi connectivity index (χ0) is 15.9. The van der Waals surface area contributed by atoms with Crippen molar-refractivity contribution in [2.75, 3.05) is 13.1 Å². The highest BCUT2D eigenvalue weighted by Crippen LogP contribution is 2.50. The van der Waals surface area contributed by atoms with E-state index in [1.165, 1.54) is 12.4 Å². The van der Waals surface area contributed by atoms with E-state index in [-0.39, 0.29) is 23.2 Å². The number of benzene rings is 1. The number of nitrogens with zero attached hydrogens (tertiary/aromatic N) is 4. The standard InChI is InChI=1S/C17H19FN4O/c18-15-4-2-1-3-13(15)9-17(6-7-17)16(23)21-8-5-14(10-21)22-12-19-11-20-22/h1-4,11-12,14H,5-10H2. The lowest BCUT2D eigenvalue weighted by Crippen LogP contribution is -2.37. The highest BCUT2D eigenvalue weighted by Gasteiger charge is 2.52. The number of hydrogen-bond donors (Lipinski definition) is 0. The highest BCUT2D eigenvalue weighted by atomic mass is 19.1. The second kappa shape index (κ2) is 5.44. The van der Waals surface area contributed by atoms with Crippen LogP contribution in [0.1, 0.15) is 30.9 Å². The summed E-state index contributed by atoms with van der Waals surface area (Å²) in [5.41, 5.74) is 0.254. The molecule has 1 aliphatic heterocycles. The minimum absolute atomic E-state index is 0.170. The number of halogens is 1. The lowest BCUT2D eigenvalue weighted by Gasteiger charge is -2.23. The molecule has 1 aromatic carbocycles. The molecule has 2 fully saturated rings. The molecule has 1 saturated heterocycles. The van der Waals surface area contributed by atoms with Crippen molar-refractivity contribution in [3.8, 4) is 0 Å². The Labute approximate surface area is 134 Å². The third kappa shape index (κ3) is 2.62. The van der Waals surface area contributed by atoms with Crippen LogP contribution in [-0.2, 0) is 11.2 Å². The molecule has 2 heterocycles. The van der Waals surface area contributed by atoms with E-state index in [4.69, 9.17) is 0 Å². The van der Waals surface area contributed by atoms with Crippen LogP contribution in [0.3, 0.4) is 0 Å². The summed E-state index contributed by atoms with van der Waals surface area (Å²) in [4.78, 5) is 18.8. The fraction of sp³-hybridized carbons (Fsp3) is 0.471. The minimum atomic E-state index is -0.389. The Morgan fingerprint density at radius 2 is 2.17 bits per heavy atom. The summed E-state index contributed by atoms with van der Waals surface area (Å²) in [5, 5.41) is 4.17. The molecular formula is C17H19FN4O. The first-order chi connectivity index (χ1) is 11.2. The highest BCUT2D eigenvalue weighted by molar-refractivity contribution is 5.86. The zero-order valence-corrected chi connectivity index (χ0v) is 12.9. The summed E-state index contributed by atoms with van der Waals surface area (Å²) in [6.45, 7) is 1.41. The molecule has 1 unspecified atom stereocenters. The van der Waals surface area contributed by atoms with Crippen molar-refractivity contribution in [1.29, 1.82) is 0 Å². The van der Waals surface area contributed by atoms with E-state index < -0.39 is 0 Å². The van der Waals surface area contributed by atoms with Gasteiger partial charge < -0.3 is 4.90 Å². The number of aromatic nitrogens is 3. The lowest BCUT2D eigenvalue weighted by atomic mass is 9.94. The molecule has 0 N–H and O–H groups in total. The predicted octanol–water partition coefficient (Wildman–Crippen LogP) is 2.21. The van der Waals surface area contributed by atoms with Gasteiger partial charge in [-0.15, -0.1) is 0 Å². The van der Waals surface area contributed by atoms with Gasteiger partial charge in [0, 0.05) is 13.1 Å². The largest absolute Gasteiger partial charge is 0.340 e. The van der Waals surface area contributed by atoms with Gasteiger partial charge in [0.2, 0.25) is 5.91 Å². The maximum atomic E-state index is 13.9. The van der Waals surface area contributed by atoms with E-state index in [1.54, 1.807) is 18.5 Å². The van der Waals surface area contributed by atoms with Crippen molar-refractivity contribution in [1.82, 2.24) is 19.7 Å². The molecule has 0 radical (unpaired) electrons. The van der Waals surface area contributed by atoms with Crippen LogP contribution in [0, 0.1) is 11.2 Å². The number of rotatable bonds is 4. The van der Waals surface area contributed by atoms with Gasteiger partial charge in [-0.25, -0.2) is 14.1 Å². The molecule has 5 nitrogen and oxygen atoms in total. The number of amides is 1. The Morgan fingerprint density at radius 1 is 1.35 bits per heavy atom. The monoisotopic (exact) mass is 314 g/mol. The van der Waals surface area contributed by atoms with Crippen LogP contribution >= 0.6 is 0 Å². The second-order valence-corrected chi connectivity index (χ2v) is 6.62. The maximum absolute atomic E-state index is 13.9. The van der Waals surface area contributed by atoms with Gasteiger partial charge in [-0.2, -0.15) is 5.10 Å². The molecule has 0 spiro atoms. The van der Waals surface area contributed by atoms with Crippen LogP contribution in [0.15, 0.2) is 36.9 Å². The average Bonchev–Trinajstić information content (AvgIpc) is 2.98. The number of hydrogen-bond acceptors (Lipinski definition) is 3. The zero-order valence-electron chi connectivity index (χ0n) is 12.9. The fourth-order valence-electron chi connectivity index (χ4n) is 3.51. The number of carbonyl (C=O) groups excluding carboxylic acids is 1. The van der Waals surface area contributed by atoms with E-state index in [0.29, 0.717) is 18.5 Å². The minimum Gasteiger partial charge on any atom is -0.340 e. The first kappa shape index (κ1) is 14.4. The van der Waals surface area contributed by atoms with Gasteiger partial charge >= 0.3 is 0 Å². The average molecular weight is 314 g/mol. The van der Waals surface area contributed by atoms with Crippen molar-refractivity contribution in [2.24, 2.45) is 5.41 Å². The molecule has 1 atom stereocenters. The van der Waals surface area contributed by atoms with Crippen LogP contribution in [-0.4, -0.2) is 38.7 Å². The Balaban J connectivity index is 1.46. The molecule has 120 valence electrons. The molecule has 1 saturated carbocycles. The summed E-state index contributed by atoms with van der Waals surface area (Å²) < 4.78 is 15.7. The van der Waals surface area contributed by atoms with E-state index in [1.807, 2.05) is 15.6 Å². The van der Waals surface area contributed by atoms with Crippen LogP contribution in [0.2, 0.25) is 0 Å². The molecule has 1 aliphatic carbocycles. The van der Waals surface area contributed by atoms with Gasteiger partial charge in [-0.3, -0.25) is 4.79 Å². The van der Waals surface area contributed by atoms with E-state index >= 15 is 0 Å². The van der Waals surface area contributed by atoms with Crippen LogP contribution < -0.4 is 0 Å². The third-order valence-electron chi connectivity index (χ3n) is 5.06. The Bertz CT molecular complexity index is 711. The van der Waals surface area contributed by atoms with Crippen molar-refractivity contribution in [3.05, 3.63) is 48.3 Å². The molecular weight excluding hydrogens is 295 g/mol. The molecule has 23 heavy (non-hydrogen) atoms. The van der Waals surface area contributed by atoms with Crippen molar-refractivity contribution in [2.45, 2.75) is 31.7 Å². The van der Waals surface area contributed by atoms with E-state index in [9.17, 15) is 9.18 Å². The summed E-state index contributed by atoms with van der Waals surface area (Å²) in [7, 11) is 0. The van der Waals surface area contributed by atoms with Gasteiger partial charge in [-0.05, 0) is 37.3 Å². The van der Waals surface area contributed by atoms with E-state index in [0.717, 1.165) is 25.8 Å². The predicted molar refractivity (Wildman–Crippen MR) is 82.0 cm³/mol. The third-order valence-corrected chi connectivity index (χ3v) is 5.06. The quantitative estimate of drug-likeness (QED) is 0.869. The Kier molecular flexibility index (Phi) is 3.39. The topological polar surface area (TPSA) is 51.0 Å². The molecule has 4 rings (SSSR count). The molecule has 2 aliphatic rings. The first-order valence-electron chi connectivity index (χ1n) is 8.05. The van der Waals surface area contributed by atoms with Gasteiger partial charge in [-0.1, -0.05) is 18.2 Å². The van der Waals surface area contributed by atoms with Crippen molar-refractivity contribution in [3.63, 3.8) is 0 Å². The summed E-state index contributed by atoms with van der Waals surface area (Å²) in [6.07, 6.45) is 6.32. The van der Waals surface area contributed by atoms with Crippen molar-refractivity contribution >= 4 is 5.91 Å². The summed E-state index contributed by atoms with van der Waals surface area (Å²) in [6, 6.07) is 6.96. The Hall–Kier alpha value is -2.24.